The second kappa shape index (κ2) is 10.7. The van der Waals surface area contributed by atoms with Crippen molar-refractivity contribution in [1.82, 2.24) is 29.7 Å². The Bertz CT molecular complexity index is 1690. The van der Waals surface area contributed by atoms with Gasteiger partial charge in [0.05, 0.1) is 17.6 Å². The number of anilines is 4. The summed E-state index contributed by atoms with van der Waals surface area (Å²) < 4.78 is 1.89. The molecule has 2 aliphatic heterocycles. The minimum absolute atomic E-state index is 0.273. The van der Waals surface area contributed by atoms with Gasteiger partial charge in [-0.2, -0.15) is 10.1 Å². The van der Waals surface area contributed by atoms with Crippen LogP contribution in [0, 0.1) is 6.92 Å². The van der Waals surface area contributed by atoms with Crippen molar-refractivity contribution in [2.75, 3.05) is 72.0 Å². The van der Waals surface area contributed by atoms with Crippen LogP contribution in [0.3, 0.4) is 0 Å². The van der Waals surface area contributed by atoms with Gasteiger partial charge in [-0.3, -0.25) is 4.57 Å². The molecular weight excluding hydrogens is 532 g/mol. The van der Waals surface area contributed by atoms with Gasteiger partial charge in [-0.1, -0.05) is 0 Å². The van der Waals surface area contributed by atoms with Gasteiger partial charge in [-0.15, -0.1) is 5.10 Å². The monoisotopic (exact) mass is 564 g/mol. The molecular formula is C30H32N10O2. The van der Waals surface area contributed by atoms with Crippen LogP contribution in [0.15, 0.2) is 67.1 Å². The molecule has 12 heteroatoms. The lowest BCUT2D eigenvalue weighted by molar-refractivity contribution is 0.474. The molecule has 2 N–H and O–H groups in total. The number of benzene rings is 2. The van der Waals surface area contributed by atoms with Gasteiger partial charge >= 0.3 is 0 Å². The molecule has 214 valence electrons. The van der Waals surface area contributed by atoms with Crippen LogP contribution in [0.5, 0.6) is 11.5 Å². The van der Waals surface area contributed by atoms with Crippen LogP contribution < -0.4 is 19.6 Å². The van der Waals surface area contributed by atoms with Crippen molar-refractivity contribution < 1.29 is 10.2 Å². The Morgan fingerprint density at radius 3 is 1.74 bits per heavy atom. The molecule has 2 saturated heterocycles. The predicted molar refractivity (Wildman–Crippen MR) is 162 cm³/mol. The van der Waals surface area contributed by atoms with Gasteiger partial charge < -0.3 is 29.8 Å². The average molecular weight is 565 g/mol. The summed E-state index contributed by atoms with van der Waals surface area (Å²) in [5, 5.41) is 28.0. The van der Waals surface area contributed by atoms with Gasteiger partial charge in [0.2, 0.25) is 5.95 Å². The van der Waals surface area contributed by atoms with Crippen LogP contribution >= 0.6 is 0 Å². The zero-order valence-corrected chi connectivity index (χ0v) is 23.4. The van der Waals surface area contributed by atoms with Gasteiger partial charge in [-0.25, -0.2) is 9.97 Å². The molecule has 3 aromatic heterocycles. The van der Waals surface area contributed by atoms with E-state index < -0.39 is 0 Å². The van der Waals surface area contributed by atoms with E-state index in [1.165, 1.54) is 0 Å². The molecule has 0 amide bonds. The second-order valence-electron chi connectivity index (χ2n) is 10.6. The number of aryl methyl sites for hydroxylation is 1. The van der Waals surface area contributed by atoms with Crippen LogP contribution in [-0.4, -0.2) is 92.3 Å². The normalized spacial score (nSPS) is 15.9. The SMILES string of the molecule is Cc1nc(N2CCN(c3ccc(O)cc3)CC2)nc2c1ncn2-c1cc(N2CCN(c3ccc(O)cc3)CC2)cnn1. The number of aromatic nitrogens is 6. The lowest BCUT2D eigenvalue weighted by Gasteiger charge is -2.37. The maximum atomic E-state index is 9.61. The fraction of sp³-hybridized carbons (Fsp3) is 0.300. The van der Waals surface area contributed by atoms with Crippen molar-refractivity contribution in [2.24, 2.45) is 0 Å². The summed E-state index contributed by atoms with van der Waals surface area (Å²) in [6.07, 6.45) is 3.55. The van der Waals surface area contributed by atoms with Crippen molar-refractivity contribution in [3.8, 4) is 17.3 Å². The molecule has 7 rings (SSSR count). The van der Waals surface area contributed by atoms with E-state index in [2.05, 4.69) is 34.8 Å². The molecule has 5 aromatic rings. The first-order valence-electron chi connectivity index (χ1n) is 14.1. The van der Waals surface area contributed by atoms with E-state index in [4.69, 9.17) is 9.97 Å². The third-order valence-corrected chi connectivity index (χ3v) is 8.07. The van der Waals surface area contributed by atoms with Crippen LogP contribution in [0.1, 0.15) is 5.69 Å². The minimum Gasteiger partial charge on any atom is -0.508 e. The summed E-state index contributed by atoms with van der Waals surface area (Å²) in [6, 6.07) is 16.7. The van der Waals surface area contributed by atoms with Gasteiger partial charge in [0, 0.05) is 69.8 Å². The van der Waals surface area contributed by atoms with E-state index in [0.29, 0.717) is 17.4 Å². The Morgan fingerprint density at radius 2 is 1.17 bits per heavy atom. The number of fused-ring (bicyclic) bond motifs is 1. The highest BCUT2D eigenvalue weighted by Gasteiger charge is 2.23. The molecule has 2 aromatic carbocycles. The molecule has 5 heterocycles. The Labute approximate surface area is 243 Å². The largest absolute Gasteiger partial charge is 0.508 e. The second-order valence-corrected chi connectivity index (χ2v) is 10.6. The standard InChI is InChI=1S/C30H32N10O2/c1-21-28-29(34-30(33-21)39-16-14-37(15-17-39)23-4-8-26(42)9-5-23)40(20-31-28)27-18-24(19-32-35-27)38-12-10-36(11-13-38)22-2-6-25(41)7-3-22/h2-9,18-20,41-42H,10-17H2,1H3. The van der Waals surface area contributed by atoms with E-state index in [1.807, 2.05) is 41.8 Å². The molecule has 42 heavy (non-hydrogen) atoms. The molecule has 0 spiro atoms. The van der Waals surface area contributed by atoms with E-state index >= 15 is 0 Å². The highest BCUT2D eigenvalue weighted by Crippen LogP contribution is 2.26. The summed E-state index contributed by atoms with van der Waals surface area (Å²) in [7, 11) is 0. The Kier molecular flexibility index (Phi) is 6.57. The van der Waals surface area contributed by atoms with Crippen molar-refractivity contribution in [3.05, 3.63) is 72.8 Å². The number of rotatable bonds is 5. The summed E-state index contributed by atoms with van der Waals surface area (Å²) in [4.78, 5) is 23.5. The third kappa shape index (κ3) is 4.95. The average Bonchev–Trinajstić information content (AvgIpc) is 3.47. The molecule has 2 fully saturated rings. The molecule has 0 saturated carbocycles. The van der Waals surface area contributed by atoms with Crippen LogP contribution in [0.25, 0.3) is 17.0 Å². The number of phenols is 2. The first-order valence-corrected chi connectivity index (χ1v) is 14.1. The van der Waals surface area contributed by atoms with Crippen LogP contribution in [-0.2, 0) is 0 Å². The Hall–Kier alpha value is -5.13. The molecule has 0 aliphatic carbocycles. The number of hydrogen-bond acceptors (Lipinski definition) is 11. The van der Waals surface area contributed by atoms with Crippen molar-refractivity contribution in [3.63, 3.8) is 0 Å². The Balaban J connectivity index is 1.08. The molecule has 0 atom stereocenters. The topological polar surface area (TPSA) is 123 Å². The van der Waals surface area contributed by atoms with E-state index in [9.17, 15) is 10.2 Å². The fourth-order valence-corrected chi connectivity index (χ4v) is 5.69. The summed E-state index contributed by atoms with van der Waals surface area (Å²) in [6.45, 7) is 8.62. The van der Waals surface area contributed by atoms with Crippen molar-refractivity contribution in [1.29, 1.82) is 0 Å². The summed E-state index contributed by atoms with van der Waals surface area (Å²) >= 11 is 0. The van der Waals surface area contributed by atoms with Gasteiger partial charge in [0.25, 0.3) is 0 Å². The Morgan fingerprint density at radius 1 is 0.643 bits per heavy atom. The first-order chi connectivity index (χ1) is 20.5. The molecule has 12 nitrogen and oxygen atoms in total. The number of imidazole rings is 1. The summed E-state index contributed by atoms with van der Waals surface area (Å²) in [5.41, 5.74) is 5.49. The fourth-order valence-electron chi connectivity index (χ4n) is 5.69. The molecule has 2 aliphatic rings. The highest BCUT2D eigenvalue weighted by atomic mass is 16.3. The van der Waals surface area contributed by atoms with E-state index in [-0.39, 0.29) is 11.5 Å². The first kappa shape index (κ1) is 25.8. The molecule has 0 radical (unpaired) electrons. The van der Waals surface area contributed by atoms with Gasteiger partial charge in [0.15, 0.2) is 11.5 Å². The number of hydrogen-bond donors (Lipinski definition) is 2. The molecule has 0 unspecified atom stereocenters. The van der Waals surface area contributed by atoms with E-state index in [0.717, 1.165) is 80.6 Å². The number of phenolic OH excluding ortho intramolecular Hbond substituents is 2. The maximum Gasteiger partial charge on any atom is 0.227 e. The smallest absolute Gasteiger partial charge is 0.227 e. The molecule has 0 bridgehead atoms. The van der Waals surface area contributed by atoms with Crippen molar-refractivity contribution in [2.45, 2.75) is 6.92 Å². The minimum atomic E-state index is 0.273. The predicted octanol–water partition coefficient (Wildman–Crippen LogP) is 2.98. The number of nitrogens with zero attached hydrogens (tertiary/aromatic N) is 10. The summed E-state index contributed by atoms with van der Waals surface area (Å²) in [5.74, 6) is 1.90. The highest BCUT2D eigenvalue weighted by molar-refractivity contribution is 5.76. The lowest BCUT2D eigenvalue weighted by Crippen LogP contribution is -2.47. The van der Waals surface area contributed by atoms with Crippen molar-refractivity contribution >= 4 is 34.2 Å². The number of aromatic hydroxyl groups is 2. The third-order valence-electron chi connectivity index (χ3n) is 8.07. The zero-order valence-electron chi connectivity index (χ0n) is 23.4. The quantitative estimate of drug-likeness (QED) is 0.328. The van der Waals surface area contributed by atoms with Crippen LogP contribution in [0.4, 0.5) is 23.0 Å². The van der Waals surface area contributed by atoms with E-state index in [1.54, 1.807) is 36.8 Å². The number of piperazine rings is 2. The van der Waals surface area contributed by atoms with Gasteiger partial charge in [0.1, 0.15) is 23.3 Å². The van der Waals surface area contributed by atoms with Crippen LogP contribution in [0.2, 0.25) is 0 Å². The lowest BCUT2D eigenvalue weighted by atomic mass is 10.2. The zero-order chi connectivity index (χ0) is 28.6. The van der Waals surface area contributed by atoms with Gasteiger partial charge in [-0.05, 0) is 55.5 Å². The maximum absolute atomic E-state index is 9.61.